The van der Waals surface area contributed by atoms with Crippen LogP contribution in [0.3, 0.4) is 0 Å². The Morgan fingerprint density at radius 2 is 1.97 bits per heavy atom. The molecule has 0 saturated heterocycles. The number of H-pyrrole nitrogens is 1. The van der Waals surface area contributed by atoms with Crippen LogP contribution in [0, 0.1) is 0 Å². The number of tetrazole rings is 1. The minimum Gasteiger partial charge on any atom is -0.440 e. The van der Waals surface area contributed by atoms with Gasteiger partial charge in [0, 0.05) is 23.4 Å². The van der Waals surface area contributed by atoms with Crippen molar-refractivity contribution in [1.29, 1.82) is 0 Å². The number of imidazole rings is 1. The lowest BCUT2D eigenvalue weighted by Gasteiger charge is -2.07. The molecule has 0 radical (unpaired) electrons. The van der Waals surface area contributed by atoms with Crippen LogP contribution in [0.2, 0.25) is 5.15 Å². The smallest absolute Gasteiger partial charge is 0.206 e. The van der Waals surface area contributed by atoms with Crippen molar-refractivity contribution in [2.24, 2.45) is 0 Å². The van der Waals surface area contributed by atoms with Crippen molar-refractivity contribution in [1.82, 2.24) is 30.2 Å². The van der Waals surface area contributed by atoms with E-state index in [1.165, 1.54) is 0 Å². The van der Waals surface area contributed by atoms with E-state index in [2.05, 4.69) is 32.5 Å². The molecule has 0 fully saturated rings. The molecule has 32 heavy (non-hydrogen) atoms. The summed E-state index contributed by atoms with van der Waals surface area (Å²) in [5.41, 5.74) is 4.06. The number of furan rings is 1. The number of aliphatic hydroxyl groups is 1. The fraction of sp³-hybridized carbons (Fsp3) is 0.217. The maximum Gasteiger partial charge on any atom is 0.206 e. The van der Waals surface area contributed by atoms with Gasteiger partial charge in [-0.3, -0.25) is 4.57 Å². The molecule has 3 heterocycles. The van der Waals surface area contributed by atoms with E-state index in [1.54, 1.807) is 0 Å². The SMILES string of the molecule is CCCCc1nc(Cl)c(CO)n1-c1cc2ccc(-c3ccccc3-c3nn[nH]n3)cc2o1. The van der Waals surface area contributed by atoms with E-state index < -0.39 is 0 Å². The maximum absolute atomic E-state index is 9.88. The van der Waals surface area contributed by atoms with Gasteiger partial charge in [-0.1, -0.05) is 61.3 Å². The molecule has 0 aliphatic rings. The van der Waals surface area contributed by atoms with Crippen LogP contribution in [0.25, 0.3) is 39.4 Å². The Hall–Kier alpha value is -3.49. The third-order valence-electron chi connectivity index (χ3n) is 5.45. The second kappa shape index (κ2) is 8.57. The molecule has 5 rings (SSSR count). The molecule has 8 nitrogen and oxygen atoms in total. The van der Waals surface area contributed by atoms with Gasteiger partial charge in [0.25, 0.3) is 0 Å². The first kappa shape index (κ1) is 20.4. The normalized spacial score (nSPS) is 11.5. The number of hydrogen-bond acceptors (Lipinski definition) is 6. The molecular weight excluding hydrogens is 428 g/mol. The minimum atomic E-state index is -0.224. The van der Waals surface area contributed by atoms with E-state index in [1.807, 2.05) is 53.1 Å². The lowest BCUT2D eigenvalue weighted by Crippen LogP contribution is -2.04. The number of hydrogen-bond donors (Lipinski definition) is 2. The van der Waals surface area contributed by atoms with Gasteiger partial charge in [0.15, 0.2) is 5.15 Å². The molecule has 0 amide bonds. The van der Waals surface area contributed by atoms with Gasteiger partial charge in [0.05, 0.1) is 12.3 Å². The summed E-state index contributed by atoms with van der Waals surface area (Å²) in [6.07, 6.45) is 2.74. The van der Waals surface area contributed by atoms with Gasteiger partial charge in [-0.2, -0.15) is 5.21 Å². The Morgan fingerprint density at radius 3 is 2.72 bits per heavy atom. The number of halogens is 1. The fourth-order valence-electron chi connectivity index (χ4n) is 3.88. The van der Waals surface area contributed by atoms with Crippen LogP contribution in [0.1, 0.15) is 31.3 Å². The zero-order valence-electron chi connectivity index (χ0n) is 17.4. The van der Waals surface area contributed by atoms with Crippen molar-refractivity contribution >= 4 is 22.6 Å². The molecule has 2 N–H and O–H groups in total. The van der Waals surface area contributed by atoms with Crippen molar-refractivity contribution in [3.8, 4) is 28.4 Å². The molecule has 2 aromatic carbocycles. The highest BCUT2D eigenvalue weighted by Crippen LogP contribution is 2.34. The standard InChI is InChI=1S/C23H21ClN6O2/c1-2-3-8-20-25-22(24)18(13-31)30(20)21-12-15-10-9-14(11-19(15)32-21)16-6-4-5-7-17(16)23-26-28-29-27-23/h4-7,9-12,31H,2-3,8,13H2,1H3,(H,26,27,28,29). The second-order valence-corrected chi connectivity index (χ2v) is 7.84. The summed E-state index contributed by atoms with van der Waals surface area (Å²) in [5, 5.41) is 25.5. The Balaban J connectivity index is 1.60. The summed E-state index contributed by atoms with van der Waals surface area (Å²) in [6, 6.07) is 15.9. The third kappa shape index (κ3) is 3.57. The summed E-state index contributed by atoms with van der Waals surface area (Å²) in [6.45, 7) is 1.90. The van der Waals surface area contributed by atoms with E-state index in [9.17, 15) is 5.11 Å². The number of nitrogens with zero attached hydrogens (tertiary/aromatic N) is 5. The van der Waals surface area contributed by atoms with Crippen LogP contribution in [0.5, 0.6) is 0 Å². The molecule has 0 atom stereocenters. The van der Waals surface area contributed by atoms with Crippen LogP contribution >= 0.6 is 11.6 Å². The maximum atomic E-state index is 9.88. The van der Waals surface area contributed by atoms with Gasteiger partial charge < -0.3 is 9.52 Å². The van der Waals surface area contributed by atoms with Crippen LogP contribution in [0.15, 0.2) is 52.9 Å². The predicted octanol–water partition coefficient (Wildman–Crippen LogP) is 4.95. The van der Waals surface area contributed by atoms with Crippen LogP contribution < -0.4 is 0 Å². The Morgan fingerprint density at radius 1 is 1.12 bits per heavy atom. The summed E-state index contributed by atoms with van der Waals surface area (Å²) in [4.78, 5) is 4.46. The molecular formula is C23H21ClN6O2. The Kier molecular flexibility index (Phi) is 5.46. The topological polar surface area (TPSA) is 106 Å². The minimum absolute atomic E-state index is 0.224. The molecule has 0 aliphatic heterocycles. The van der Waals surface area contributed by atoms with E-state index in [0.717, 1.165) is 52.7 Å². The molecule has 0 aliphatic carbocycles. The van der Waals surface area contributed by atoms with Gasteiger partial charge in [0.2, 0.25) is 11.7 Å². The number of aryl methyl sites for hydroxylation is 1. The highest BCUT2D eigenvalue weighted by Gasteiger charge is 2.20. The molecule has 162 valence electrons. The summed E-state index contributed by atoms with van der Waals surface area (Å²) >= 11 is 6.30. The lowest BCUT2D eigenvalue weighted by molar-refractivity contribution is 0.273. The first-order chi connectivity index (χ1) is 15.7. The third-order valence-corrected chi connectivity index (χ3v) is 5.75. The van der Waals surface area contributed by atoms with Gasteiger partial charge >= 0.3 is 0 Å². The highest BCUT2D eigenvalue weighted by atomic mass is 35.5. The number of aromatic nitrogens is 6. The first-order valence-corrected chi connectivity index (χ1v) is 10.8. The highest BCUT2D eigenvalue weighted by molar-refractivity contribution is 6.30. The van der Waals surface area contributed by atoms with E-state index in [4.69, 9.17) is 16.0 Å². The van der Waals surface area contributed by atoms with Gasteiger partial charge in [-0.05, 0) is 28.8 Å². The predicted molar refractivity (Wildman–Crippen MR) is 121 cm³/mol. The van der Waals surface area contributed by atoms with Gasteiger partial charge in [-0.25, -0.2) is 4.98 Å². The number of aliphatic hydroxyl groups excluding tert-OH is 1. The summed E-state index contributed by atoms with van der Waals surface area (Å²) < 4.78 is 8.05. The van der Waals surface area contributed by atoms with Crippen molar-refractivity contribution in [2.45, 2.75) is 32.8 Å². The zero-order valence-corrected chi connectivity index (χ0v) is 18.2. The van der Waals surface area contributed by atoms with Gasteiger partial charge in [-0.15, -0.1) is 10.2 Å². The average Bonchev–Trinajstić information content (AvgIpc) is 3.55. The van der Waals surface area contributed by atoms with Crippen LogP contribution in [-0.2, 0) is 13.0 Å². The summed E-state index contributed by atoms with van der Waals surface area (Å²) in [7, 11) is 0. The average molecular weight is 449 g/mol. The monoisotopic (exact) mass is 448 g/mol. The molecule has 0 saturated carbocycles. The van der Waals surface area contributed by atoms with E-state index in [0.29, 0.717) is 22.6 Å². The number of rotatable bonds is 7. The number of unbranched alkanes of at least 4 members (excludes halogenated alkanes) is 1. The molecule has 0 spiro atoms. The molecule has 0 unspecified atom stereocenters. The van der Waals surface area contributed by atoms with E-state index in [-0.39, 0.29) is 6.61 Å². The van der Waals surface area contributed by atoms with Crippen molar-refractivity contribution < 1.29 is 9.52 Å². The van der Waals surface area contributed by atoms with Crippen molar-refractivity contribution in [3.05, 3.63) is 65.2 Å². The lowest BCUT2D eigenvalue weighted by atomic mass is 9.98. The zero-order chi connectivity index (χ0) is 22.1. The fourth-order valence-corrected chi connectivity index (χ4v) is 4.12. The van der Waals surface area contributed by atoms with E-state index >= 15 is 0 Å². The number of benzene rings is 2. The van der Waals surface area contributed by atoms with Crippen molar-refractivity contribution in [2.75, 3.05) is 0 Å². The Bertz CT molecular complexity index is 1370. The van der Waals surface area contributed by atoms with Crippen LogP contribution in [-0.4, -0.2) is 35.3 Å². The van der Waals surface area contributed by atoms with Crippen molar-refractivity contribution in [3.63, 3.8) is 0 Å². The van der Waals surface area contributed by atoms with Gasteiger partial charge in [0.1, 0.15) is 11.4 Å². The number of aromatic amines is 1. The number of fused-ring (bicyclic) bond motifs is 1. The molecule has 0 bridgehead atoms. The number of nitrogens with one attached hydrogen (secondary N) is 1. The first-order valence-electron chi connectivity index (χ1n) is 10.4. The summed E-state index contributed by atoms with van der Waals surface area (Å²) in [5.74, 6) is 1.89. The van der Waals surface area contributed by atoms with Crippen LogP contribution in [0.4, 0.5) is 0 Å². The Labute approximate surface area is 188 Å². The molecule has 3 aromatic heterocycles. The molecule has 5 aromatic rings. The largest absolute Gasteiger partial charge is 0.440 e. The molecule has 9 heteroatoms. The quantitative estimate of drug-likeness (QED) is 0.364. The second-order valence-electron chi connectivity index (χ2n) is 7.48.